The first kappa shape index (κ1) is 27.4. The second-order valence-electron chi connectivity index (χ2n) is 8.36. The molecule has 4 rings (SSSR count). The fourth-order valence-electron chi connectivity index (χ4n) is 3.69. The van der Waals surface area contributed by atoms with Crippen molar-refractivity contribution in [1.82, 2.24) is 4.90 Å². The third-order valence-corrected chi connectivity index (χ3v) is 6.90. The summed E-state index contributed by atoms with van der Waals surface area (Å²) in [6.45, 7) is 3.90. The average molecular weight is 599 g/mol. The summed E-state index contributed by atoms with van der Waals surface area (Å²) in [6, 6.07) is 16.5. The molecule has 3 amide bonds. The molecule has 0 radical (unpaired) electrons. The van der Waals surface area contributed by atoms with Crippen LogP contribution in [0.15, 0.2) is 70.0 Å². The van der Waals surface area contributed by atoms with Crippen molar-refractivity contribution in [2.75, 3.05) is 18.5 Å². The molecule has 3 aromatic carbocycles. The van der Waals surface area contributed by atoms with Crippen molar-refractivity contribution in [3.8, 4) is 11.5 Å². The SMILES string of the molecule is CCOc1cc(/C=C2\SC(=O)N(Cc3ccc(F)cc3)C2=O)cc(Br)c1OCC(=O)Nc1cccc(C)c1. The summed E-state index contributed by atoms with van der Waals surface area (Å²) in [4.78, 5) is 39.2. The number of nitrogens with zero attached hydrogens (tertiary/aromatic N) is 1. The summed E-state index contributed by atoms with van der Waals surface area (Å²) in [6.07, 6.45) is 1.59. The monoisotopic (exact) mass is 598 g/mol. The van der Waals surface area contributed by atoms with Gasteiger partial charge in [0.1, 0.15) is 5.82 Å². The van der Waals surface area contributed by atoms with Crippen LogP contribution in [0.4, 0.5) is 14.9 Å². The number of imide groups is 1. The Labute approximate surface area is 232 Å². The lowest BCUT2D eigenvalue weighted by atomic mass is 10.1. The first-order valence-electron chi connectivity index (χ1n) is 11.7. The summed E-state index contributed by atoms with van der Waals surface area (Å²) < 4.78 is 25.2. The molecule has 0 saturated carbocycles. The van der Waals surface area contributed by atoms with Crippen molar-refractivity contribution in [1.29, 1.82) is 0 Å². The van der Waals surface area contributed by atoms with Crippen LogP contribution in [0, 0.1) is 12.7 Å². The van der Waals surface area contributed by atoms with Gasteiger partial charge >= 0.3 is 0 Å². The summed E-state index contributed by atoms with van der Waals surface area (Å²) in [7, 11) is 0. The van der Waals surface area contributed by atoms with Crippen molar-refractivity contribution >= 4 is 56.5 Å². The third-order valence-electron chi connectivity index (χ3n) is 5.41. The largest absolute Gasteiger partial charge is 0.490 e. The van der Waals surface area contributed by atoms with E-state index in [1.165, 1.54) is 24.3 Å². The van der Waals surface area contributed by atoms with E-state index < -0.39 is 17.0 Å². The van der Waals surface area contributed by atoms with E-state index in [9.17, 15) is 18.8 Å². The Morgan fingerprint density at radius 3 is 2.58 bits per heavy atom. The molecule has 0 spiro atoms. The van der Waals surface area contributed by atoms with Crippen molar-refractivity contribution in [2.45, 2.75) is 20.4 Å². The van der Waals surface area contributed by atoms with Gasteiger partial charge in [-0.15, -0.1) is 0 Å². The van der Waals surface area contributed by atoms with Gasteiger partial charge in [0.15, 0.2) is 18.1 Å². The summed E-state index contributed by atoms with van der Waals surface area (Å²) >= 11 is 4.30. The van der Waals surface area contributed by atoms with Gasteiger partial charge in [0.05, 0.1) is 22.5 Å². The van der Waals surface area contributed by atoms with Gasteiger partial charge in [-0.1, -0.05) is 24.3 Å². The van der Waals surface area contributed by atoms with Gasteiger partial charge in [-0.05, 0) is 101 Å². The van der Waals surface area contributed by atoms with Crippen LogP contribution in [-0.2, 0) is 16.1 Å². The Hall–Kier alpha value is -3.63. The van der Waals surface area contributed by atoms with E-state index in [-0.39, 0.29) is 24.0 Å². The van der Waals surface area contributed by atoms with Crippen LogP contribution in [0.2, 0.25) is 0 Å². The number of hydrogen-bond donors (Lipinski definition) is 1. The molecule has 1 saturated heterocycles. The number of ether oxygens (including phenoxy) is 2. The van der Waals surface area contributed by atoms with Gasteiger partial charge in [0.2, 0.25) is 0 Å². The molecule has 1 fully saturated rings. The highest BCUT2D eigenvalue weighted by Gasteiger charge is 2.35. The Bertz CT molecular complexity index is 1410. The topological polar surface area (TPSA) is 84.9 Å². The first-order chi connectivity index (χ1) is 18.2. The molecule has 1 aliphatic rings. The Morgan fingerprint density at radius 1 is 1.11 bits per heavy atom. The second kappa shape index (κ2) is 12.3. The molecule has 0 bridgehead atoms. The fourth-order valence-corrected chi connectivity index (χ4v) is 5.10. The normalized spacial score (nSPS) is 14.2. The molecule has 0 unspecified atom stereocenters. The van der Waals surface area contributed by atoms with E-state index in [1.807, 2.05) is 32.0 Å². The van der Waals surface area contributed by atoms with Crippen molar-refractivity contribution < 1.29 is 28.2 Å². The Kier molecular flexibility index (Phi) is 8.85. The average Bonchev–Trinajstić information content (AvgIpc) is 3.12. The lowest BCUT2D eigenvalue weighted by Gasteiger charge is -2.15. The third kappa shape index (κ3) is 6.81. The molecule has 38 heavy (non-hydrogen) atoms. The zero-order chi connectivity index (χ0) is 27.2. The second-order valence-corrected chi connectivity index (χ2v) is 10.2. The number of thioether (sulfide) groups is 1. The number of rotatable bonds is 9. The molecular formula is C28H24BrFN2O5S. The van der Waals surface area contributed by atoms with Crippen LogP contribution >= 0.6 is 27.7 Å². The van der Waals surface area contributed by atoms with Crippen LogP contribution in [0.3, 0.4) is 0 Å². The van der Waals surface area contributed by atoms with E-state index in [2.05, 4.69) is 21.2 Å². The number of nitrogens with one attached hydrogen (secondary N) is 1. The molecule has 196 valence electrons. The van der Waals surface area contributed by atoms with E-state index in [1.54, 1.807) is 24.3 Å². The minimum Gasteiger partial charge on any atom is -0.490 e. The number of hydrogen-bond acceptors (Lipinski definition) is 6. The lowest BCUT2D eigenvalue weighted by molar-refractivity contribution is -0.123. The van der Waals surface area contributed by atoms with Crippen molar-refractivity contribution in [3.05, 3.63) is 92.5 Å². The zero-order valence-corrected chi connectivity index (χ0v) is 23.0. The number of aryl methyl sites for hydroxylation is 1. The Balaban J connectivity index is 1.48. The minimum atomic E-state index is -0.438. The zero-order valence-electron chi connectivity index (χ0n) is 20.6. The van der Waals surface area contributed by atoms with E-state index >= 15 is 0 Å². The van der Waals surface area contributed by atoms with Gasteiger partial charge in [0, 0.05) is 5.69 Å². The van der Waals surface area contributed by atoms with E-state index in [4.69, 9.17) is 9.47 Å². The molecule has 1 heterocycles. The quantitative estimate of drug-likeness (QED) is 0.281. The molecule has 7 nitrogen and oxygen atoms in total. The van der Waals surface area contributed by atoms with Crippen LogP contribution in [0.5, 0.6) is 11.5 Å². The molecule has 0 aromatic heterocycles. The van der Waals surface area contributed by atoms with Crippen LogP contribution in [0.1, 0.15) is 23.6 Å². The van der Waals surface area contributed by atoms with Crippen LogP contribution in [-0.4, -0.2) is 35.2 Å². The maximum atomic E-state index is 13.2. The number of halogens is 2. The van der Waals surface area contributed by atoms with Crippen molar-refractivity contribution in [2.24, 2.45) is 0 Å². The predicted octanol–water partition coefficient (Wildman–Crippen LogP) is 6.55. The molecule has 1 aliphatic heterocycles. The minimum absolute atomic E-state index is 0.0492. The molecule has 3 aromatic rings. The first-order valence-corrected chi connectivity index (χ1v) is 13.3. The van der Waals surface area contributed by atoms with Gasteiger partial charge in [-0.2, -0.15) is 0 Å². The summed E-state index contributed by atoms with van der Waals surface area (Å²) in [5.41, 5.74) is 2.94. The molecule has 10 heteroatoms. The van der Waals surface area contributed by atoms with Gasteiger partial charge in [-0.3, -0.25) is 19.3 Å². The summed E-state index contributed by atoms with van der Waals surface area (Å²) in [5.74, 6) is -0.442. The van der Waals surface area contributed by atoms with E-state index in [0.29, 0.717) is 39.4 Å². The van der Waals surface area contributed by atoms with Gasteiger partial charge in [-0.25, -0.2) is 4.39 Å². The number of amides is 3. The standard InChI is InChI=1S/C28H24BrFN2O5S/c1-3-36-23-13-19(12-22(29)26(23)37-16-25(33)31-21-6-4-5-17(2)11-21)14-24-27(34)32(28(35)38-24)15-18-7-9-20(30)10-8-18/h4-14H,3,15-16H2,1-2H3,(H,31,33)/b24-14-. The highest BCUT2D eigenvalue weighted by atomic mass is 79.9. The van der Waals surface area contributed by atoms with Crippen LogP contribution in [0.25, 0.3) is 6.08 Å². The molecule has 0 aliphatic carbocycles. The predicted molar refractivity (Wildman–Crippen MR) is 149 cm³/mol. The number of anilines is 1. The van der Waals surface area contributed by atoms with Gasteiger partial charge in [0.25, 0.3) is 17.1 Å². The summed E-state index contributed by atoms with van der Waals surface area (Å²) in [5, 5.41) is 2.38. The molecule has 0 atom stereocenters. The maximum absolute atomic E-state index is 13.2. The number of carbonyl (C=O) groups excluding carboxylic acids is 3. The Morgan fingerprint density at radius 2 is 1.87 bits per heavy atom. The fraction of sp³-hybridized carbons (Fsp3) is 0.179. The van der Waals surface area contributed by atoms with Crippen molar-refractivity contribution in [3.63, 3.8) is 0 Å². The smallest absolute Gasteiger partial charge is 0.293 e. The van der Waals surface area contributed by atoms with Gasteiger partial charge < -0.3 is 14.8 Å². The van der Waals surface area contributed by atoms with Crippen LogP contribution < -0.4 is 14.8 Å². The van der Waals surface area contributed by atoms with E-state index in [0.717, 1.165) is 22.2 Å². The highest BCUT2D eigenvalue weighted by molar-refractivity contribution is 9.10. The lowest BCUT2D eigenvalue weighted by Crippen LogP contribution is -2.27. The molecule has 1 N–H and O–H groups in total. The number of carbonyl (C=O) groups is 3. The maximum Gasteiger partial charge on any atom is 0.293 e. The number of benzene rings is 3. The molecular weight excluding hydrogens is 575 g/mol. The highest BCUT2D eigenvalue weighted by Crippen LogP contribution is 2.39.